The number of nitrogens with two attached hydrogens (primary N) is 1. The minimum Gasteiger partial charge on any atom is -0.225 e. The number of hydrogen-bond donors (Lipinski definition) is 2. The fraction of sp³-hybridized carbons (Fsp3) is 0.250. The molecule has 0 saturated carbocycles. The lowest BCUT2D eigenvalue weighted by molar-refractivity contribution is 0.598. The molecule has 1 atom stereocenters. The fourth-order valence-electron chi connectivity index (χ4n) is 0.936. The smallest absolute Gasteiger partial charge is 0.225 e. The van der Waals surface area contributed by atoms with Crippen molar-refractivity contribution >= 4 is 22.7 Å². The van der Waals surface area contributed by atoms with E-state index in [0.29, 0.717) is 0 Å². The zero-order valence-electron chi connectivity index (χ0n) is 7.14. The second-order valence-electron chi connectivity index (χ2n) is 2.79. The normalized spacial score (nSPS) is 14.1. The summed E-state index contributed by atoms with van der Waals surface area (Å²) in [5.41, 5.74) is 0.968. The molecule has 2 N–H and O–H groups in total. The highest BCUT2D eigenvalue weighted by Crippen LogP contribution is 2.19. The van der Waals surface area contributed by atoms with E-state index >= 15 is 0 Å². The molecule has 1 unspecified atom stereocenters. The van der Waals surface area contributed by atoms with Crippen LogP contribution < -0.4 is 5.14 Å². The topological polar surface area (TPSA) is 60.2 Å². The molecular weight excluding hydrogens is 206 g/mol. The Morgan fingerprint density at radius 1 is 1.31 bits per heavy atom. The van der Waals surface area contributed by atoms with Crippen LogP contribution in [0.5, 0.6) is 0 Å². The summed E-state index contributed by atoms with van der Waals surface area (Å²) in [7, 11) is -3.57. The highest BCUT2D eigenvalue weighted by molar-refractivity contribution is 7.89. The lowest BCUT2D eigenvalue weighted by Crippen LogP contribution is -2.11. The van der Waals surface area contributed by atoms with Crippen LogP contribution in [0.2, 0.25) is 0 Å². The van der Waals surface area contributed by atoms with Crippen molar-refractivity contribution in [2.75, 3.05) is 0 Å². The van der Waals surface area contributed by atoms with Gasteiger partial charge in [-0.3, -0.25) is 0 Å². The third-order valence-corrected chi connectivity index (χ3v) is 2.92. The molecule has 1 aromatic carbocycles. The lowest BCUT2D eigenvalue weighted by Gasteiger charge is -2.04. The average molecular weight is 217 g/mol. The maximum absolute atomic E-state index is 10.9. The number of hydrogen-bond acceptors (Lipinski definition) is 3. The molecule has 3 nitrogen and oxygen atoms in total. The van der Waals surface area contributed by atoms with Gasteiger partial charge >= 0.3 is 0 Å². The molecule has 0 amide bonds. The first-order valence-corrected chi connectivity index (χ1v) is 5.78. The van der Waals surface area contributed by atoms with Crippen LogP contribution in [0.3, 0.4) is 0 Å². The Morgan fingerprint density at radius 3 is 2.08 bits per heavy atom. The third-order valence-electron chi connectivity index (χ3n) is 1.69. The highest BCUT2D eigenvalue weighted by Gasteiger charge is 2.07. The van der Waals surface area contributed by atoms with E-state index in [1.165, 1.54) is 12.1 Å². The van der Waals surface area contributed by atoms with Gasteiger partial charge in [0, 0.05) is 5.25 Å². The summed E-state index contributed by atoms with van der Waals surface area (Å²) in [6, 6.07) is 6.38. The minimum atomic E-state index is -3.57. The van der Waals surface area contributed by atoms with E-state index in [2.05, 4.69) is 12.6 Å². The van der Waals surface area contributed by atoms with Gasteiger partial charge in [-0.05, 0) is 24.6 Å². The van der Waals surface area contributed by atoms with Crippen molar-refractivity contribution in [1.82, 2.24) is 0 Å². The van der Waals surface area contributed by atoms with Gasteiger partial charge in [-0.2, -0.15) is 12.6 Å². The number of primary sulfonamides is 1. The van der Waals surface area contributed by atoms with Crippen molar-refractivity contribution < 1.29 is 8.42 Å². The van der Waals surface area contributed by atoms with Crippen LogP contribution in [0.15, 0.2) is 29.2 Å². The average Bonchev–Trinajstić information content (AvgIpc) is 2.03. The Kier molecular flexibility index (Phi) is 3.00. The minimum absolute atomic E-state index is 0.0922. The summed E-state index contributed by atoms with van der Waals surface area (Å²) < 4.78 is 21.7. The quantitative estimate of drug-likeness (QED) is 0.734. The maximum atomic E-state index is 10.9. The van der Waals surface area contributed by atoms with Crippen LogP contribution in [0.25, 0.3) is 0 Å². The third kappa shape index (κ3) is 2.72. The van der Waals surface area contributed by atoms with Gasteiger partial charge in [0.25, 0.3) is 0 Å². The van der Waals surface area contributed by atoms with Crippen LogP contribution in [-0.4, -0.2) is 8.42 Å². The molecule has 0 radical (unpaired) electrons. The summed E-state index contributed by atoms with van der Waals surface area (Å²) in [5.74, 6) is 0. The number of rotatable bonds is 2. The second-order valence-corrected chi connectivity index (χ2v) is 5.13. The van der Waals surface area contributed by atoms with Crippen LogP contribution in [0.4, 0.5) is 0 Å². The lowest BCUT2D eigenvalue weighted by atomic mass is 10.2. The van der Waals surface area contributed by atoms with E-state index in [-0.39, 0.29) is 10.1 Å². The first kappa shape index (κ1) is 10.6. The van der Waals surface area contributed by atoms with Crippen LogP contribution in [0.1, 0.15) is 17.7 Å². The van der Waals surface area contributed by atoms with E-state index in [9.17, 15) is 8.42 Å². The SMILES string of the molecule is CC(S)c1ccc(S(N)(=O)=O)cc1. The molecule has 0 fully saturated rings. The Morgan fingerprint density at radius 2 is 1.77 bits per heavy atom. The van der Waals surface area contributed by atoms with Crippen LogP contribution in [-0.2, 0) is 10.0 Å². The highest BCUT2D eigenvalue weighted by atomic mass is 32.2. The fourth-order valence-corrected chi connectivity index (χ4v) is 1.62. The summed E-state index contributed by atoms with van der Waals surface area (Å²) >= 11 is 4.21. The Hall–Kier alpha value is -0.520. The standard InChI is InChI=1S/C8H11NO2S2/c1-6(12)7-2-4-8(5-3-7)13(9,10)11/h2-6,12H,1H3,(H2,9,10,11). The van der Waals surface area contributed by atoms with Crippen molar-refractivity contribution in [3.8, 4) is 0 Å². The van der Waals surface area contributed by atoms with Gasteiger partial charge in [0.15, 0.2) is 0 Å². The molecule has 13 heavy (non-hydrogen) atoms. The molecule has 0 aliphatic carbocycles. The monoisotopic (exact) mass is 217 g/mol. The van der Waals surface area contributed by atoms with Gasteiger partial charge < -0.3 is 0 Å². The molecular formula is C8H11NO2S2. The second kappa shape index (κ2) is 3.69. The molecule has 0 aliphatic heterocycles. The predicted octanol–water partition coefficient (Wildman–Crippen LogP) is 1.32. The molecule has 0 aromatic heterocycles. The zero-order valence-corrected chi connectivity index (χ0v) is 8.85. The Labute approximate surface area is 83.4 Å². The van der Waals surface area contributed by atoms with Gasteiger partial charge in [0.1, 0.15) is 0 Å². The van der Waals surface area contributed by atoms with E-state index in [0.717, 1.165) is 5.56 Å². The number of benzene rings is 1. The molecule has 0 spiro atoms. The van der Waals surface area contributed by atoms with Gasteiger partial charge in [0.2, 0.25) is 10.0 Å². The first-order chi connectivity index (χ1) is 5.91. The van der Waals surface area contributed by atoms with Crippen LogP contribution in [0, 0.1) is 0 Å². The molecule has 0 bridgehead atoms. The molecule has 0 aliphatic rings. The van der Waals surface area contributed by atoms with E-state index in [4.69, 9.17) is 5.14 Å². The molecule has 1 rings (SSSR count). The summed E-state index contributed by atoms with van der Waals surface area (Å²) in [5, 5.41) is 5.03. The van der Waals surface area contributed by atoms with Crippen molar-refractivity contribution in [1.29, 1.82) is 0 Å². The molecule has 5 heteroatoms. The van der Waals surface area contributed by atoms with Gasteiger partial charge in [-0.25, -0.2) is 13.6 Å². The van der Waals surface area contributed by atoms with E-state index in [1.807, 2.05) is 6.92 Å². The maximum Gasteiger partial charge on any atom is 0.238 e. The summed E-state index contributed by atoms with van der Waals surface area (Å²) in [6.45, 7) is 1.91. The molecule has 0 saturated heterocycles. The van der Waals surface area contributed by atoms with Crippen molar-refractivity contribution in [2.45, 2.75) is 17.1 Å². The number of thiol groups is 1. The largest absolute Gasteiger partial charge is 0.238 e. The van der Waals surface area contributed by atoms with Gasteiger partial charge in [-0.1, -0.05) is 12.1 Å². The van der Waals surface area contributed by atoms with E-state index in [1.54, 1.807) is 12.1 Å². The van der Waals surface area contributed by atoms with Crippen LogP contribution >= 0.6 is 12.6 Å². The number of sulfonamides is 1. The zero-order chi connectivity index (χ0) is 10.1. The first-order valence-electron chi connectivity index (χ1n) is 3.72. The summed E-state index contributed by atoms with van der Waals surface area (Å²) in [4.78, 5) is 0.130. The Bertz CT molecular complexity index is 381. The van der Waals surface area contributed by atoms with Gasteiger partial charge in [-0.15, -0.1) is 0 Å². The molecule has 0 heterocycles. The van der Waals surface area contributed by atoms with Crippen molar-refractivity contribution in [3.05, 3.63) is 29.8 Å². The van der Waals surface area contributed by atoms with E-state index < -0.39 is 10.0 Å². The molecule has 72 valence electrons. The van der Waals surface area contributed by atoms with Gasteiger partial charge in [0.05, 0.1) is 4.90 Å². The molecule has 1 aromatic rings. The summed E-state index contributed by atoms with van der Waals surface area (Å²) in [6.07, 6.45) is 0. The van der Waals surface area contributed by atoms with Crippen molar-refractivity contribution in [2.24, 2.45) is 5.14 Å². The Balaban J connectivity index is 3.08. The van der Waals surface area contributed by atoms with Crippen molar-refractivity contribution in [3.63, 3.8) is 0 Å². The predicted molar refractivity (Wildman–Crippen MR) is 55.2 cm³/mol.